The molecule has 1 aromatic rings. The Labute approximate surface area is 83.1 Å². The molecule has 4 heteroatoms. The van der Waals surface area contributed by atoms with Gasteiger partial charge in [-0.3, -0.25) is 0 Å². The molecule has 0 radical (unpaired) electrons. The predicted octanol–water partition coefficient (Wildman–Crippen LogP) is 1.55. The number of hydrogen-bond donors (Lipinski definition) is 1. The summed E-state index contributed by atoms with van der Waals surface area (Å²) in [4.78, 5) is 0. The molecule has 1 aromatic heterocycles. The molecule has 3 rings (SSSR count). The molecule has 14 heavy (non-hydrogen) atoms. The van der Waals surface area contributed by atoms with E-state index in [1.54, 1.807) is 0 Å². The molecule has 1 unspecified atom stereocenters. The van der Waals surface area contributed by atoms with E-state index < -0.39 is 0 Å². The van der Waals surface area contributed by atoms with Crippen molar-refractivity contribution < 1.29 is 4.42 Å². The van der Waals surface area contributed by atoms with Gasteiger partial charge in [-0.05, 0) is 32.2 Å². The van der Waals surface area contributed by atoms with E-state index in [9.17, 15) is 0 Å². The van der Waals surface area contributed by atoms with Crippen molar-refractivity contribution in [3.8, 4) is 0 Å². The third kappa shape index (κ3) is 1.25. The summed E-state index contributed by atoms with van der Waals surface area (Å²) in [6, 6.07) is 0.304. The molecule has 1 atom stereocenters. The minimum Gasteiger partial charge on any atom is -0.423 e. The average Bonchev–Trinajstić information content (AvgIpc) is 2.73. The van der Waals surface area contributed by atoms with Gasteiger partial charge in [-0.1, -0.05) is 6.92 Å². The average molecular weight is 193 g/mol. The Morgan fingerprint density at radius 1 is 1.43 bits per heavy atom. The molecule has 1 saturated heterocycles. The van der Waals surface area contributed by atoms with E-state index in [-0.39, 0.29) is 5.41 Å². The third-order valence-electron chi connectivity index (χ3n) is 3.32. The Kier molecular flexibility index (Phi) is 1.68. The molecule has 2 fully saturated rings. The number of aromatic nitrogens is 2. The SMILES string of the molecule is CC1(c2nnc(C3CCCN3)o2)CC1. The van der Waals surface area contributed by atoms with Crippen LogP contribution in [0.25, 0.3) is 0 Å². The van der Waals surface area contributed by atoms with Gasteiger partial charge >= 0.3 is 0 Å². The Hall–Kier alpha value is -0.900. The summed E-state index contributed by atoms with van der Waals surface area (Å²) in [5, 5.41) is 11.6. The van der Waals surface area contributed by atoms with Gasteiger partial charge in [-0.15, -0.1) is 10.2 Å². The second-order valence-electron chi connectivity index (χ2n) is 4.66. The van der Waals surface area contributed by atoms with Crippen LogP contribution in [0.4, 0.5) is 0 Å². The normalized spacial score (nSPS) is 29.4. The van der Waals surface area contributed by atoms with Crippen molar-refractivity contribution >= 4 is 0 Å². The summed E-state index contributed by atoms with van der Waals surface area (Å²) in [7, 11) is 0. The van der Waals surface area contributed by atoms with Gasteiger partial charge in [0.05, 0.1) is 6.04 Å². The smallest absolute Gasteiger partial charge is 0.233 e. The van der Waals surface area contributed by atoms with E-state index in [0.717, 1.165) is 24.7 Å². The molecule has 76 valence electrons. The van der Waals surface area contributed by atoms with Crippen molar-refractivity contribution in [3.63, 3.8) is 0 Å². The number of nitrogens with zero attached hydrogens (tertiary/aromatic N) is 2. The molecular weight excluding hydrogens is 178 g/mol. The lowest BCUT2D eigenvalue weighted by Crippen LogP contribution is -2.13. The third-order valence-corrected chi connectivity index (χ3v) is 3.32. The summed E-state index contributed by atoms with van der Waals surface area (Å²) in [6.07, 6.45) is 4.71. The van der Waals surface area contributed by atoms with Crippen LogP contribution in [0, 0.1) is 0 Å². The quantitative estimate of drug-likeness (QED) is 0.774. The zero-order valence-corrected chi connectivity index (χ0v) is 8.42. The fourth-order valence-electron chi connectivity index (χ4n) is 1.92. The van der Waals surface area contributed by atoms with Gasteiger partial charge in [0.15, 0.2) is 0 Å². The molecule has 0 spiro atoms. The lowest BCUT2D eigenvalue weighted by molar-refractivity contribution is 0.380. The summed E-state index contributed by atoms with van der Waals surface area (Å²) in [5.74, 6) is 1.62. The van der Waals surface area contributed by atoms with E-state index in [0.29, 0.717) is 6.04 Å². The zero-order valence-electron chi connectivity index (χ0n) is 8.42. The second kappa shape index (κ2) is 2.79. The molecule has 1 N–H and O–H groups in total. The van der Waals surface area contributed by atoms with Crippen LogP contribution in [-0.2, 0) is 5.41 Å². The van der Waals surface area contributed by atoms with Gasteiger partial charge < -0.3 is 9.73 Å². The number of hydrogen-bond acceptors (Lipinski definition) is 4. The van der Waals surface area contributed by atoms with Crippen molar-refractivity contribution in [1.29, 1.82) is 0 Å². The van der Waals surface area contributed by atoms with Crippen LogP contribution in [0.3, 0.4) is 0 Å². The predicted molar refractivity (Wildman–Crippen MR) is 50.9 cm³/mol. The largest absolute Gasteiger partial charge is 0.423 e. The van der Waals surface area contributed by atoms with Crippen LogP contribution in [0.2, 0.25) is 0 Å². The van der Waals surface area contributed by atoms with Crippen LogP contribution in [-0.4, -0.2) is 16.7 Å². The van der Waals surface area contributed by atoms with Crippen LogP contribution < -0.4 is 5.32 Å². The Bertz CT molecular complexity index is 337. The van der Waals surface area contributed by atoms with Crippen molar-refractivity contribution in [1.82, 2.24) is 15.5 Å². The fourth-order valence-corrected chi connectivity index (χ4v) is 1.92. The molecule has 2 aliphatic rings. The first-order valence-electron chi connectivity index (χ1n) is 5.35. The Morgan fingerprint density at radius 3 is 2.93 bits per heavy atom. The minimum absolute atomic E-state index is 0.198. The van der Waals surface area contributed by atoms with Crippen LogP contribution in [0.15, 0.2) is 4.42 Å². The molecule has 0 aromatic carbocycles. The van der Waals surface area contributed by atoms with E-state index in [1.165, 1.54) is 19.3 Å². The van der Waals surface area contributed by atoms with Gasteiger partial charge in [-0.2, -0.15) is 0 Å². The summed E-state index contributed by atoms with van der Waals surface area (Å²) < 4.78 is 5.71. The summed E-state index contributed by atoms with van der Waals surface area (Å²) in [6.45, 7) is 3.26. The van der Waals surface area contributed by atoms with Gasteiger partial charge in [0, 0.05) is 5.41 Å². The zero-order chi connectivity index (χ0) is 9.60. The first kappa shape index (κ1) is 8.41. The molecular formula is C10H15N3O. The maximum atomic E-state index is 5.71. The minimum atomic E-state index is 0.198. The second-order valence-corrected chi connectivity index (χ2v) is 4.66. The van der Waals surface area contributed by atoms with Gasteiger partial charge in [0.2, 0.25) is 11.8 Å². The fraction of sp³-hybridized carbons (Fsp3) is 0.800. The lowest BCUT2D eigenvalue weighted by atomic mass is 10.1. The number of nitrogens with one attached hydrogen (secondary N) is 1. The van der Waals surface area contributed by atoms with Crippen molar-refractivity contribution in [2.45, 2.75) is 44.1 Å². The van der Waals surface area contributed by atoms with Gasteiger partial charge in [0.25, 0.3) is 0 Å². The van der Waals surface area contributed by atoms with Crippen LogP contribution >= 0.6 is 0 Å². The first-order valence-corrected chi connectivity index (χ1v) is 5.35. The van der Waals surface area contributed by atoms with Crippen molar-refractivity contribution in [2.75, 3.05) is 6.54 Å². The monoisotopic (exact) mass is 193 g/mol. The molecule has 1 aliphatic carbocycles. The highest BCUT2D eigenvalue weighted by atomic mass is 16.4. The van der Waals surface area contributed by atoms with E-state index >= 15 is 0 Å². The summed E-state index contributed by atoms with van der Waals surface area (Å²) >= 11 is 0. The van der Waals surface area contributed by atoms with Gasteiger partial charge in [-0.25, -0.2) is 0 Å². The molecule has 0 bridgehead atoms. The van der Waals surface area contributed by atoms with E-state index in [4.69, 9.17) is 4.42 Å². The summed E-state index contributed by atoms with van der Waals surface area (Å²) in [5.41, 5.74) is 0.198. The Morgan fingerprint density at radius 2 is 2.29 bits per heavy atom. The molecule has 4 nitrogen and oxygen atoms in total. The molecule has 1 aliphatic heterocycles. The molecule has 1 saturated carbocycles. The highest BCUT2D eigenvalue weighted by Gasteiger charge is 2.44. The van der Waals surface area contributed by atoms with E-state index in [1.807, 2.05) is 0 Å². The highest BCUT2D eigenvalue weighted by molar-refractivity contribution is 5.12. The molecule has 0 amide bonds. The topological polar surface area (TPSA) is 51.0 Å². The number of rotatable bonds is 2. The van der Waals surface area contributed by atoms with Crippen LogP contribution in [0.1, 0.15) is 50.4 Å². The maximum Gasteiger partial charge on any atom is 0.233 e. The highest BCUT2D eigenvalue weighted by Crippen LogP contribution is 2.47. The van der Waals surface area contributed by atoms with Crippen LogP contribution in [0.5, 0.6) is 0 Å². The standard InChI is InChI=1S/C10H15N3O/c1-10(4-5-10)9-13-12-8(14-9)7-3-2-6-11-7/h7,11H,2-6H2,1H3. The lowest BCUT2D eigenvalue weighted by Gasteiger charge is -2.03. The van der Waals surface area contributed by atoms with Gasteiger partial charge in [0.1, 0.15) is 0 Å². The van der Waals surface area contributed by atoms with Crippen molar-refractivity contribution in [2.24, 2.45) is 0 Å². The Balaban J connectivity index is 1.82. The van der Waals surface area contributed by atoms with Crippen molar-refractivity contribution in [3.05, 3.63) is 11.8 Å². The first-order chi connectivity index (χ1) is 6.78. The van der Waals surface area contributed by atoms with E-state index in [2.05, 4.69) is 22.4 Å². The molecule has 2 heterocycles. The maximum absolute atomic E-state index is 5.71.